The largest absolute Gasteiger partial charge is 0.481 e. The highest BCUT2D eigenvalue weighted by Crippen LogP contribution is 2.37. The van der Waals surface area contributed by atoms with Crippen molar-refractivity contribution >= 4 is 17.6 Å². The number of halogens is 1. The maximum atomic E-state index is 10.8. The van der Waals surface area contributed by atoms with E-state index in [0.717, 1.165) is 31.4 Å². The molecular weight excluding hydrogens is 226 g/mol. The minimum atomic E-state index is -0.675. The number of nitrogens with zero attached hydrogens (tertiary/aromatic N) is 1. The number of carbonyl (C=O) groups is 1. The van der Waals surface area contributed by atoms with E-state index in [1.165, 1.54) is 0 Å². The van der Waals surface area contributed by atoms with Gasteiger partial charge in [0.1, 0.15) is 0 Å². The Labute approximate surface area is 99.5 Å². The van der Waals surface area contributed by atoms with Crippen LogP contribution in [0.15, 0.2) is 18.3 Å². The second kappa shape index (κ2) is 4.83. The normalized spacial score (nSPS) is 25.3. The van der Waals surface area contributed by atoms with E-state index in [2.05, 4.69) is 4.98 Å². The molecule has 1 aromatic rings. The second-order valence-corrected chi connectivity index (χ2v) is 4.66. The third-order valence-electron chi connectivity index (χ3n) is 3.25. The second-order valence-electron chi connectivity index (χ2n) is 4.26. The zero-order valence-electron chi connectivity index (χ0n) is 8.90. The van der Waals surface area contributed by atoms with Crippen LogP contribution in [0.4, 0.5) is 0 Å². The van der Waals surface area contributed by atoms with Crippen LogP contribution in [0, 0.1) is 5.92 Å². The standard InChI is InChI=1S/C12H14ClNO2/c13-10-2-1-7-14-11(10)8-3-5-9(6-4-8)12(15)16/h1-2,7-9H,3-6H2,(H,15,16). The lowest BCUT2D eigenvalue weighted by Crippen LogP contribution is -2.21. The third kappa shape index (κ3) is 2.35. The topological polar surface area (TPSA) is 50.2 Å². The van der Waals surface area contributed by atoms with Gasteiger partial charge in [0, 0.05) is 12.1 Å². The van der Waals surface area contributed by atoms with E-state index in [1.807, 2.05) is 12.1 Å². The average molecular weight is 240 g/mol. The molecule has 1 heterocycles. The zero-order chi connectivity index (χ0) is 11.5. The number of carboxylic acids is 1. The molecule has 3 nitrogen and oxygen atoms in total. The summed E-state index contributed by atoms with van der Waals surface area (Å²) in [6.07, 6.45) is 4.94. The first-order valence-electron chi connectivity index (χ1n) is 5.51. The highest BCUT2D eigenvalue weighted by Gasteiger charge is 2.28. The summed E-state index contributed by atoms with van der Waals surface area (Å²) >= 11 is 6.08. The molecule has 0 bridgehead atoms. The summed E-state index contributed by atoms with van der Waals surface area (Å²) < 4.78 is 0. The molecule has 1 N–H and O–H groups in total. The lowest BCUT2D eigenvalue weighted by molar-refractivity contribution is -0.142. The van der Waals surface area contributed by atoms with Gasteiger partial charge in [-0.05, 0) is 37.8 Å². The van der Waals surface area contributed by atoms with E-state index in [-0.39, 0.29) is 5.92 Å². The molecule has 16 heavy (non-hydrogen) atoms. The fourth-order valence-corrected chi connectivity index (χ4v) is 2.59. The Morgan fingerprint density at radius 2 is 2.06 bits per heavy atom. The molecule has 1 fully saturated rings. The Balaban J connectivity index is 2.05. The summed E-state index contributed by atoms with van der Waals surface area (Å²) in [5, 5.41) is 9.60. The fraction of sp³-hybridized carbons (Fsp3) is 0.500. The van der Waals surface area contributed by atoms with Crippen molar-refractivity contribution in [2.45, 2.75) is 31.6 Å². The molecule has 0 amide bonds. The van der Waals surface area contributed by atoms with Crippen LogP contribution in [0.5, 0.6) is 0 Å². The smallest absolute Gasteiger partial charge is 0.306 e. The van der Waals surface area contributed by atoms with E-state index < -0.39 is 5.97 Å². The molecule has 0 unspecified atom stereocenters. The van der Waals surface area contributed by atoms with Crippen molar-refractivity contribution in [3.8, 4) is 0 Å². The summed E-state index contributed by atoms with van der Waals surface area (Å²) in [4.78, 5) is 15.1. The number of carboxylic acid groups (broad SMARTS) is 1. The van der Waals surface area contributed by atoms with E-state index >= 15 is 0 Å². The van der Waals surface area contributed by atoms with Crippen LogP contribution < -0.4 is 0 Å². The van der Waals surface area contributed by atoms with Gasteiger partial charge in [-0.2, -0.15) is 0 Å². The molecule has 86 valence electrons. The zero-order valence-corrected chi connectivity index (χ0v) is 9.65. The van der Waals surface area contributed by atoms with E-state index in [9.17, 15) is 4.79 Å². The summed E-state index contributed by atoms with van der Waals surface area (Å²) in [6.45, 7) is 0. The Bertz CT molecular complexity index is 386. The fourth-order valence-electron chi connectivity index (χ4n) is 2.31. The van der Waals surface area contributed by atoms with E-state index in [4.69, 9.17) is 16.7 Å². The number of rotatable bonds is 2. The molecule has 0 radical (unpaired) electrons. The van der Waals surface area contributed by atoms with Gasteiger partial charge in [0.2, 0.25) is 0 Å². The number of aromatic nitrogens is 1. The van der Waals surface area contributed by atoms with Crippen LogP contribution in [0.2, 0.25) is 5.02 Å². The van der Waals surface area contributed by atoms with Gasteiger partial charge in [0.15, 0.2) is 0 Å². The minimum absolute atomic E-state index is 0.182. The molecule has 1 aliphatic carbocycles. The van der Waals surface area contributed by atoms with E-state index in [1.54, 1.807) is 6.20 Å². The number of hydrogen-bond acceptors (Lipinski definition) is 2. The van der Waals surface area contributed by atoms with Gasteiger partial charge in [-0.1, -0.05) is 11.6 Å². The highest BCUT2D eigenvalue weighted by molar-refractivity contribution is 6.31. The predicted molar refractivity (Wildman–Crippen MR) is 61.6 cm³/mol. The first kappa shape index (κ1) is 11.4. The van der Waals surface area contributed by atoms with Crippen molar-refractivity contribution in [2.24, 2.45) is 5.92 Å². The van der Waals surface area contributed by atoms with Gasteiger partial charge in [-0.15, -0.1) is 0 Å². The van der Waals surface area contributed by atoms with Crippen LogP contribution in [0.1, 0.15) is 37.3 Å². The lowest BCUT2D eigenvalue weighted by atomic mass is 9.80. The van der Waals surface area contributed by atoms with Gasteiger partial charge in [0.05, 0.1) is 16.6 Å². The Kier molecular flexibility index (Phi) is 3.44. The molecule has 0 aliphatic heterocycles. The molecule has 1 aromatic heterocycles. The molecule has 0 atom stereocenters. The maximum absolute atomic E-state index is 10.8. The van der Waals surface area contributed by atoms with Gasteiger partial charge >= 0.3 is 5.97 Å². The molecule has 4 heteroatoms. The Morgan fingerprint density at radius 3 is 2.62 bits per heavy atom. The minimum Gasteiger partial charge on any atom is -0.481 e. The maximum Gasteiger partial charge on any atom is 0.306 e. The number of aliphatic carboxylic acids is 1. The van der Waals surface area contributed by atoms with Crippen molar-refractivity contribution < 1.29 is 9.90 Å². The Hall–Kier alpha value is -1.09. The van der Waals surface area contributed by atoms with Crippen molar-refractivity contribution in [1.82, 2.24) is 4.98 Å². The SMILES string of the molecule is O=C(O)C1CCC(c2ncccc2Cl)CC1. The monoisotopic (exact) mass is 239 g/mol. The van der Waals surface area contributed by atoms with Crippen LogP contribution in [-0.2, 0) is 4.79 Å². The van der Waals surface area contributed by atoms with Crippen LogP contribution >= 0.6 is 11.6 Å². The summed E-state index contributed by atoms with van der Waals surface area (Å²) in [5.41, 5.74) is 0.924. The van der Waals surface area contributed by atoms with Gasteiger partial charge in [-0.3, -0.25) is 9.78 Å². The molecule has 0 spiro atoms. The summed E-state index contributed by atoms with van der Waals surface area (Å²) in [7, 11) is 0. The van der Waals surface area contributed by atoms with E-state index in [0.29, 0.717) is 10.9 Å². The number of pyridine rings is 1. The quantitative estimate of drug-likeness (QED) is 0.863. The highest BCUT2D eigenvalue weighted by atomic mass is 35.5. The molecular formula is C12H14ClNO2. The predicted octanol–water partition coefficient (Wildman–Crippen LogP) is 3.09. The molecule has 2 rings (SSSR count). The molecule has 1 aliphatic rings. The summed E-state index contributed by atoms with van der Waals surface area (Å²) in [5.74, 6) is -0.534. The van der Waals surface area contributed by atoms with Crippen LogP contribution in [0.3, 0.4) is 0 Å². The van der Waals surface area contributed by atoms with Crippen molar-refractivity contribution in [1.29, 1.82) is 0 Å². The first-order valence-corrected chi connectivity index (χ1v) is 5.89. The molecule has 0 saturated heterocycles. The van der Waals surface area contributed by atoms with Gasteiger partial charge in [-0.25, -0.2) is 0 Å². The number of hydrogen-bond donors (Lipinski definition) is 1. The van der Waals surface area contributed by atoms with Gasteiger partial charge in [0.25, 0.3) is 0 Å². The molecule has 0 aromatic carbocycles. The lowest BCUT2D eigenvalue weighted by Gasteiger charge is -2.26. The first-order chi connectivity index (χ1) is 7.68. The van der Waals surface area contributed by atoms with Crippen molar-refractivity contribution in [3.63, 3.8) is 0 Å². The Morgan fingerprint density at radius 1 is 1.38 bits per heavy atom. The van der Waals surface area contributed by atoms with Crippen molar-refractivity contribution in [2.75, 3.05) is 0 Å². The summed E-state index contributed by atoms with van der Waals surface area (Å²) in [6, 6.07) is 3.65. The van der Waals surface area contributed by atoms with Crippen LogP contribution in [-0.4, -0.2) is 16.1 Å². The third-order valence-corrected chi connectivity index (χ3v) is 3.57. The average Bonchev–Trinajstić information content (AvgIpc) is 2.30. The van der Waals surface area contributed by atoms with Crippen molar-refractivity contribution in [3.05, 3.63) is 29.0 Å². The van der Waals surface area contributed by atoms with Crippen LogP contribution in [0.25, 0.3) is 0 Å². The molecule has 1 saturated carbocycles. The van der Waals surface area contributed by atoms with Gasteiger partial charge < -0.3 is 5.11 Å².